The molecule has 1 spiro atoms. The van der Waals surface area contributed by atoms with Gasteiger partial charge in [-0.1, -0.05) is 19.3 Å². The molecule has 3 N–H and O–H groups in total. The van der Waals surface area contributed by atoms with Gasteiger partial charge in [0.05, 0.1) is 28.9 Å². The van der Waals surface area contributed by atoms with E-state index in [4.69, 9.17) is 5.10 Å². The first-order valence-electron chi connectivity index (χ1n) is 12.2. The number of aliphatic hydroxyl groups excluding tert-OH is 1. The van der Waals surface area contributed by atoms with Crippen molar-refractivity contribution in [2.24, 2.45) is 5.92 Å². The second-order valence-corrected chi connectivity index (χ2v) is 12.3. The van der Waals surface area contributed by atoms with Crippen molar-refractivity contribution in [2.75, 3.05) is 5.32 Å². The molecule has 0 unspecified atom stereocenters. The molecule has 0 radical (unpaired) electrons. The highest BCUT2D eigenvalue weighted by Gasteiger charge is 2.57. The number of benzene rings is 1. The lowest BCUT2D eigenvalue weighted by atomic mass is 9.82. The van der Waals surface area contributed by atoms with Gasteiger partial charge in [-0.15, -0.1) is 0 Å². The number of sulfone groups is 1. The topological polar surface area (TPSA) is 141 Å². The van der Waals surface area contributed by atoms with Crippen LogP contribution >= 0.6 is 0 Å². The Kier molecular flexibility index (Phi) is 5.06. The summed E-state index contributed by atoms with van der Waals surface area (Å²) >= 11 is 0. The molecule has 2 fully saturated rings. The zero-order chi connectivity index (χ0) is 24.4. The Labute approximate surface area is 202 Å². The van der Waals surface area contributed by atoms with Crippen molar-refractivity contribution in [1.82, 2.24) is 14.8 Å². The first kappa shape index (κ1) is 22.3. The molecular formula is C25H27N5O4S. The molecule has 0 bridgehead atoms. The fraction of sp³-hybridized carbons (Fsp3) is 0.480. The van der Waals surface area contributed by atoms with Gasteiger partial charge < -0.3 is 15.4 Å². The molecule has 0 amide bonds. The minimum atomic E-state index is -3.65. The van der Waals surface area contributed by atoms with Crippen molar-refractivity contribution >= 4 is 32.2 Å². The molecule has 2 aliphatic carbocycles. The Morgan fingerprint density at radius 3 is 2.74 bits per heavy atom. The van der Waals surface area contributed by atoms with Gasteiger partial charge in [-0.2, -0.15) is 10.4 Å². The zero-order valence-electron chi connectivity index (χ0n) is 19.2. The summed E-state index contributed by atoms with van der Waals surface area (Å²) in [4.78, 5) is 15.6. The predicted molar refractivity (Wildman–Crippen MR) is 130 cm³/mol. The van der Waals surface area contributed by atoms with Crippen molar-refractivity contribution in [3.05, 3.63) is 46.4 Å². The number of aliphatic hydroxyl groups is 1. The van der Waals surface area contributed by atoms with E-state index in [1.807, 2.05) is 0 Å². The normalized spacial score (nSPS) is 23.1. The minimum absolute atomic E-state index is 0.113. The summed E-state index contributed by atoms with van der Waals surface area (Å²) in [6, 6.07) is 8.78. The van der Waals surface area contributed by atoms with Crippen LogP contribution in [0.2, 0.25) is 0 Å². The summed E-state index contributed by atoms with van der Waals surface area (Å²) in [6.45, 7) is 0. The molecule has 182 valence electrons. The third kappa shape index (κ3) is 3.25. The van der Waals surface area contributed by atoms with Crippen LogP contribution in [-0.4, -0.2) is 33.0 Å². The number of hydrogen-bond donors (Lipinski definition) is 3. The molecule has 1 aromatic carbocycles. The number of nitrogens with zero attached hydrogens (tertiary/aromatic N) is 3. The Morgan fingerprint density at radius 2 is 2.03 bits per heavy atom. The molecule has 6 rings (SSSR count). The second-order valence-electron chi connectivity index (χ2n) is 10.0. The predicted octanol–water partition coefficient (Wildman–Crippen LogP) is 3.86. The summed E-state index contributed by atoms with van der Waals surface area (Å²) in [7, 11) is -3.65. The molecule has 10 heteroatoms. The van der Waals surface area contributed by atoms with E-state index in [1.54, 1.807) is 35.1 Å². The number of aromatic amines is 1. The van der Waals surface area contributed by atoms with Gasteiger partial charge in [0.15, 0.2) is 15.7 Å². The van der Waals surface area contributed by atoms with Crippen LogP contribution in [-0.2, 0) is 9.84 Å². The Morgan fingerprint density at radius 1 is 1.26 bits per heavy atom. The molecule has 2 aromatic heterocycles. The molecule has 3 aliphatic rings. The van der Waals surface area contributed by atoms with Crippen LogP contribution in [0.1, 0.15) is 69.1 Å². The van der Waals surface area contributed by atoms with Crippen LogP contribution in [0.4, 0.5) is 11.5 Å². The van der Waals surface area contributed by atoms with E-state index in [0.29, 0.717) is 53.2 Å². The number of fused-ring (bicyclic) bond motifs is 2. The zero-order valence-corrected chi connectivity index (χ0v) is 20.0. The number of aromatic nitrogens is 3. The van der Waals surface area contributed by atoms with Crippen molar-refractivity contribution in [1.29, 1.82) is 5.26 Å². The number of rotatable bonds is 5. The van der Waals surface area contributed by atoms with E-state index < -0.39 is 20.7 Å². The lowest BCUT2D eigenvalue weighted by Crippen LogP contribution is -2.41. The maximum Gasteiger partial charge on any atom is 0.261 e. The molecule has 35 heavy (non-hydrogen) atoms. The first-order chi connectivity index (χ1) is 16.9. The van der Waals surface area contributed by atoms with E-state index in [2.05, 4.69) is 16.4 Å². The molecule has 9 nitrogen and oxygen atoms in total. The van der Waals surface area contributed by atoms with E-state index in [-0.39, 0.29) is 16.5 Å². The smallest absolute Gasteiger partial charge is 0.261 e. The number of H-pyrrole nitrogens is 1. The highest BCUT2D eigenvalue weighted by molar-refractivity contribution is 7.93. The van der Waals surface area contributed by atoms with Crippen molar-refractivity contribution in [2.45, 2.75) is 73.2 Å². The van der Waals surface area contributed by atoms with Crippen LogP contribution < -0.4 is 10.9 Å². The molecular weight excluding hydrogens is 466 g/mol. The van der Waals surface area contributed by atoms with Crippen molar-refractivity contribution < 1.29 is 13.5 Å². The highest BCUT2D eigenvalue weighted by atomic mass is 32.2. The largest absolute Gasteiger partial charge is 0.387 e. The van der Waals surface area contributed by atoms with Crippen molar-refractivity contribution in [3.63, 3.8) is 0 Å². The van der Waals surface area contributed by atoms with Crippen molar-refractivity contribution in [3.8, 4) is 6.07 Å². The van der Waals surface area contributed by atoms with Gasteiger partial charge in [-0.3, -0.25) is 9.48 Å². The average molecular weight is 494 g/mol. The van der Waals surface area contributed by atoms with Gasteiger partial charge in [0, 0.05) is 17.4 Å². The summed E-state index contributed by atoms with van der Waals surface area (Å²) < 4.78 is 27.4. The second kappa shape index (κ2) is 7.93. The molecule has 2 saturated carbocycles. The number of pyridine rings is 1. The number of anilines is 2. The van der Waals surface area contributed by atoms with E-state index in [9.17, 15) is 23.6 Å². The van der Waals surface area contributed by atoms with Gasteiger partial charge in [0.2, 0.25) is 0 Å². The lowest BCUT2D eigenvalue weighted by molar-refractivity contribution is 0.107. The molecule has 2 atom stereocenters. The molecule has 1 aliphatic heterocycles. The summed E-state index contributed by atoms with van der Waals surface area (Å²) in [5.41, 5.74) is 1.29. The van der Waals surface area contributed by atoms with E-state index in [1.165, 1.54) is 0 Å². The maximum absolute atomic E-state index is 13.4. The van der Waals surface area contributed by atoms with Gasteiger partial charge in [0.1, 0.15) is 16.2 Å². The summed E-state index contributed by atoms with van der Waals surface area (Å²) in [6.07, 6.45) is 6.31. The SMILES string of the molecule is N#CC[C@@H](C1CC1)n1nc(Nc2ccc3c(c2)[C@H](O)C2(CCCCC2)S3(=O)=O)c2c(=O)[nH]ccc21. The van der Waals surface area contributed by atoms with Crippen LogP contribution in [0.15, 0.2) is 40.2 Å². The van der Waals surface area contributed by atoms with Gasteiger partial charge >= 0.3 is 0 Å². The van der Waals surface area contributed by atoms with Gasteiger partial charge in [0.25, 0.3) is 5.56 Å². The number of nitrogens with one attached hydrogen (secondary N) is 2. The average Bonchev–Trinajstić information content (AvgIpc) is 3.61. The van der Waals surface area contributed by atoms with Crippen LogP contribution in [0.25, 0.3) is 10.9 Å². The van der Waals surface area contributed by atoms with Crippen LogP contribution in [0.3, 0.4) is 0 Å². The lowest BCUT2D eigenvalue weighted by Gasteiger charge is -2.35. The minimum Gasteiger partial charge on any atom is -0.387 e. The molecule has 3 aromatic rings. The number of hydrogen-bond acceptors (Lipinski definition) is 7. The number of nitriles is 1. The quantitative estimate of drug-likeness (QED) is 0.490. The first-order valence-corrected chi connectivity index (χ1v) is 13.7. The third-order valence-corrected chi connectivity index (χ3v) is 10.7. The Balaban J connectivity index is 1.42. The highest BCUT2D eigenvalue weighted by Crippen LogP contribution is 2.54. The van der Waals surface area contributed by atoms with Gasteiger partial charge in [-0.25, -0.2) is 8.42 Å². The van der Waals surface area contributed by atoms with E-state index >= 15 is 0 Å². The summed E-state index contributed by atoms with van der Waals surface area (Å²) in [5, 5.41) is 28.8. The fourth-order valence-corrected chi connectivity index (χ4v) is 8.44. The maximum atomic E-state index is 13.4. The van der Waals surface area contributed by atoms with Crippen LogP contribution in [0.5, 0.6) is 0 Å². The van der Waals surface area contributed by atoms with Gasteiger partial charge in [-0.05, 0) is 55.9 Å². The summed E-state index contributed by atoms with van der Waals surface area (Å²) in [5.74, 6) is 0.699. The Hall–Kier alpha value is -3.16. The monoisotopic (exact) mass is 493 g/mol. The Bertz CT molecular complexity index is 1520. The standard InChI is InChI=1S/C25H27N5O4S/c26-12-8-18(15-4-5-15)30-19-9-13-27-24(32)21(19)23(29-30)28-16-6-7-20-17(14-16)22(31)25(35(20,33)34)10-2-1-3-11-25/h6-7,9,13-15,18,22,31H,1-5,8,10-11H2,(H,27,32)(H,28,29)/t18-,22-/m0/s1. The third-order valence-electron chi connectivity index (χ3n) is 8.00. The van der Waals surface area contributed by atoms with Crippen LogP contribution in [0, 0.1) is 17.2 Å². The molecule has 3 heterocycles. The molecule has 0 saturated heterocycles. The fourth-order valence-electron chi connectivity index (χ4n) is 6.03. The van der Waals surface area contributed by atoms with E-state index in [0.717, 1.165) is 32.1 Å².